The number of aryl methyl sites for hydroxylation is 1. The first-order chi connectivity index (χ1) is 8.61. The summed E-state index contributed by atoms with van der Waals surface area (Å²) in [6.07, 6.45) is 1.40. The molecule has 1 aromatic carbocycles. The molecule has 0 saturated carbocycles. The van der Waals surface area contributed by atoms with Crippen molar-refractivity contribution in [1.29, 1.82) is 5.26 Å². The van der Waals surface area contributed by atoms with Gasteiger partial charge in [-0.15, -0.1) is 0 Å². The number of nitrogens with one attached hydrogen (secondary N) is 1. The summed E-state index contributed by atoms with van der Waals surface area (Å²) in [7, 11) is 1.65. The van der Waals surface area contributed by atoms with Crippen molar-refractivity contribution < 1.29 is 4.79 Å². The molecule has 0 aliphatic heterocycles. The maximum Gasteiger partial charge on any atom is 0.260 e. The minimum Gasteiger partial charge on any atom is -0.322 e. The van der Waals surface area contributed by atoms with Gasteiger partial charge in [-0.2, -0.15) is 10.4 Å². The van der Waals surface area contributed by atoms with E-state index in [2.05, 4.69) is 10.4 Å². The molecule has 0 radical (unpaired) electrons. The van der Waals surface area contributed by atoms with E-state index in [1.807, 2.05) is 6.07 Å². The van der Waals surface area contributed by atoms with Crippen LogP contribution in [-0.4, -0.2) is 15.7 Å². The molecule has 1 heterocycles. The summed E-state index contributed by atoms with van der Waals surface area (Å²) < 4.78 is 1.41. The quantitative estimate of drug-likeness (QED) is 0.900. The third kappa shape index (κ3) is 2.34. The van der Waals surface area contributed by atoms with Gasteiger partial charge in [-0.1, -0.05) is 11.6 Å². The molecule has 2 rings (SSSR count). The molecule has 0 aliphatic rings. The number of aromatic nitrogens is 2. The number of hydrogen-bond donors (Lipinski definition) is 1. The zero-order chi connectivity index (χ0) is 13.1. The lowest BCUT2D eigenvalue weighted by Gasteiger charge is -2.03. The predicted octanol–water partition coefficient (Wildman–Crippen LogP) is 2.20. The Kier molecular flexibility index (Phi) is 3.31. The molecule has 0 atom stereocenters. The predicted molar refractivity (Wildman–Crippen MR) is 67.3 cm³/mol. The highest BCUT2D eigenvalue weighted by Crippen LogP contribution is 2.16. The number of carbonyl (C=O) groups is 1. The van der Waals surface area contributed by atoms with Crippen molar-refractivity contribution in [2.24, 2.45) is 7.05 Å². The average Bonchev–Trinajstić information content (AvgIpc) is 2.71. The van der Waals surface area contributed by atoms with Crippen LogP contribution in [0.4, 0.5) is 5.69 Å². The number of hydrogen-bond acceptors (Lipinski definition) is 3. The Bertz CT molecular complexity index is 625. The SMILES string of the molecule is Cn1ncc(C(=O)Nc2ccc(C#N)cc2)c1Cl. The van der Waals surface area contributed by atoms with Gasteiger partial charge in [0.25, 0.3) is 5.91 Å². The third-order valence-corrected chi connectivity index (χ3v) is 2.83. The molecular formula is C12H9ClN4O. The van der Waals surface area contributed by atoms with Crippen molar-refractivity contribution in [3.63, 3.8) is 0 Å². The molecule has 6 heteroatoms. The second-order valence-electron chi connectivity index (χ2n) is 3.62. The van der Waals surface area contributed by atoms with Crippen molar-refractivity contribution in [3.8, 4) is 6.07 Å². The van der Waals surface area contributed by atoms with Crippen LogP contribution in [0.2, 0.25) is 5.15 Å². The molecule has 0 unspecified atom stereocenters. The van der Waals surface area contributed by atoms with Gasteiger partial charge >= 0.3 is 0 Å². The summed E-state index contributed by atoms with van der Waals surface area (Å²) >= 11 is 5.91. The van der Waals surface area contributed by atoms with E-state index in [-0.39, 0.29) is 11.1 Å². The van der Waals surface area contributed by atoms with E-state index in [1.54, 1.807) is 31.3 Å². The highest BCUT2D eigenvalue weighted by Gasteiger charge is 2.14. The van der Waals surface area contributed by atoms with Crippen molar-refractivity contribution in [1.82, 2.24) is 9.78 Å². The molecule has 1 amide bonds. The molecule has 0 spiro atoms. The van der Waals surface area contributed by atoms with Crippen LogP contribution < -0.4 is 5.32 Å². The van der Waals surface area contributed by atoms with E-state index in [4.69, 9.17) is 16.9 Å². The topological polar surface area (TPSA) is 70.7 Å². The molecule has 0 fully saturated rings. The molecule has 5 nitrogen and oxygen atoms in total. The van der Waals surface area contributed by atoms with E-state index in [0.717, 1.165) is 0 Å². The van der Waals surface area contributed by atoms with Crippen LogP contribution in [-0.2, 0) is 7.05 Å². The van der Waals surface area contributed by atoms with Crippen LogP contribution in [0, 0.1) is 11.3 Å². The van der Waals surface area contributed by atoms with Crippen molar-refractivity contribution in [2.45, 2.75) is 0 Å². The monoisotopic (exact) mass is 260 g/mol. The summed E-state index contributed by atoms with van der Waals surface area (Å²) in [6.45, 7) is 0. The summed E-state index contributed by atoms with van der Waals surface area (Å²) in [5.74, 6) is -0.335. The number of benzene rings is 1. The normalized spacial score (nSPS) is 9.83. The van der Waals surface area contributed by atoms with Crippen molar-refractivity contribution >= 4 is 23.2 Å². The molecule has 0 bridgehead atoms. The van der Waals surface area contributed by atoms with Crippen LogP contribution in [0.15, 0.2) is 30.5 Å². The summed E-state index contributed by atoms with van der Waals surface area (Å²) in [5.41, 5.74) is 1.44. The Labute approximate surface area is 109 Å². The number of amides is 1. The Morgan fingerprint density at radius 1 is 1.44 bits per heavy atom. The van der Waals surface area contributed by atoms with E-state index in [9.17, 15) is 4.79 Å². The first-order valence-electron chi connectivity index (χ1n) is 5.11. The molecule has 1 aromatic heterocycles. The smallest absolute Gasteiger partial charge is 0.260 e. The van der Waals surface area contributed by atoms with Gasteiger partial charge < -0.3 is 5.32 Å². The lowest BCUT2D eigenvalue weighted by Crippen LogP contribution is -2.11. The second-order valence-corrected chi connectivity index (χ2v) is 3.97. The fraction of sp³-hybridized carbons (Fsp3) is 0.0833. The molecule has 1 N–H and O–H groups in total. The van der Waals surface area contributed by atoms with Gasteiger partial charge in [-0.05, 0) is 24.3 Å². The minimum atomic E-state index is -0.335. The molecule has 18 heavy (non-hydrogen) atoms. The van der Waals surface area contributed by atoms with Crippen molar-refractivity contribution in [3.05, 3.63) is 46.7 Å². The van der Waals surface area contributed by atoms with Crippen molar-refractivity contribution in [2.75, 3.05) is 5.32 Å². The van der Waals surface area contributed by atoms with E-state index < -0.39 is 0 Å². The van der Waals surface area contributed by atoms with E-state index in [1.165, 1.54) is 10.9 Å². The van der Waals surface area contributed by atoms with Crippen LogP contribution >= 0.6 is 11.6 Å². The lowest BCUT2D eigenvalue weighted by molar-refractivity contribution is 0.102. The van der Waals surface area contributed by atoms with Gasteiger partial charge in [0.05, 0.1) is 23.4 Å². The lowest BCUT2D eigenvalue weighted by atomic mass is 10.2. The first kappa shape index (κ1) is 12.1. The number of carbonyl (C=O) groups excluding carboxylic acids is 1. The van der Waals surface area contributed by atoms with E-state index in [0.29, 0.717) is 16.8 Å². The third-order valence-electron chi connectivity index (χ3n) is 2.38. The maximum absolute atomic E-state index is 11.9. The average molecular weight is 261 g/mol. The van der Waals surface area contributed by atoms with Gasteiger partial charge in [0.15, 0.2) is 0 Å². The zero-order valence-electron chi connectivity index (χ0n) is 9.51. The fourth-order valence-corrected chi connectivity index (χ4v) is 1.58. The van der Waals surface area contributed by atoms with Gasteiger partial charge in [0, 0.05) is 12.7 Å². The zero-order valence-corrected chi connectivity index (χ0v) is 10.3. The van der Waals surface area contributed by atoms with Gasteiger partial charge in [-0.3, -0.25) is 9.48 Å². The Balaban J connectivity index is 2.16. The number of halogens is 1. The molecule has 0 aliphatic carbocycles. The highest BCUT2D eigenvalue weighted by atomic mass is 35.5. The first-order valence-corrected chi connectivity index (χ1v) is 5.48. The van der Waals surface area contributed by atoms with Gasteiger partial charge in [0.2, 0.25) is 0 Å². The van der Waals surface area contributed by atoms with Crippen LogP contribution in [0.3, 0.4) is 0 Å². The molecule has 90 valence electrons. The summed E-state index contributed by atoms with van der Waals surface area (Å²) in [6, 6.07) is 8.56. The fourth-order valence-electron chi connectivity index (χ4n) is 1.40. The summed E-state index contributed by atoms with van der Waals surface area (Å²) in [4.78, 5) is 11.9. The van der Waals surface area contributed by atoms with Crippen LogP contribution in [0.5, 0.6) is 0 Å². The second kappa shape index (κ2) is 4.90. The Hall–Kier alpha value is -2.32. The highest BCUT2D eigenvalue weighted by molar-refractivity contribution is 6.33. The Morgan fingerprint density at radius 3 is 2.61 bits per heavy atom. The van der Waals surface area contributed by atoms with Crippen LogP contribution in [0.25, 0.3) is 0 Å². The maximum atomic E-state index is 11.9. The number of nitrogens with zero attached hydrogens (tertiary/aromatic N) is 3. The van der Waals surface area contributed by atoms with E-state index >= 15 is 0 Å². The number of rotatable bonds is 2. The van der Waals surface area contributed by atoms with Gasteiger partial charge in [-0.25, -0.2) is 0 Å². The molecule has 2 aromatic rings. The molecule has 0 saturated heterocycles. The minimum absolute atomic E-state index is 0.279. The number of anilines is 1. The van der Waals surface area contributed by atoms with Gasteiger partial charge in [0.1, 0.15) is 5.15 Å². The number of nitriles is 1. The largest absolute Gasteiger partial charge is 0.322 e. The molecular weight excluding hydrogens is 252 g/mol. The standard InChI is InChI=1S/C12H9ClN4O/c1-17-11(13)10(7-15-17)12(18)16-9-4-2-8(6-14)3-5-9/h2-5,7H,1H3,(H,16,18). The van der Waals surface area contributed by atoms with Crippen LogP contribution in [0.1, 0.15) is 15.9 Å². The summed E-state index contributed by atoms with van der Waals surface area (Å²) in [5, 5.41) is 15.5. The Morgan fingerprint density at radius 2 is 2.11 bits per heavy atom.